The van der Waals surface area contributed by atoms with E-state index in [1.54, 1.807) is 0 Å². The number of hydrogen-bond donors (Lipinski definition) is 0. The summed E-state index contributed by atoms with van der Waals surface area (Å²) in [5.41, 5.74) is 14.2. The molecule has 0 radical (unpaired) electrons. The quantitative estimate of drug-likeness (QED) is 0.156. The van der Waals surface area contributed by atoms with Gasteiger partial charge in [-0.2, -0.15) is 0 Å². The standard InChI is InChI=1S/C64H37N3O5/c1-3-13-50-38(4-2)44-18-9-16-39(60(44)71-50)35-27-30-53-48(32-35)58-46(20-11-24-55(58)68-53)63-65-62(37-26-29-43-41-14-5-7-22-51(41)70-57(43)34-37)66-64(67-63)47-21-12-25-56-59(47)49-33-36(28-31-54(49)69-56)40-17-10-19-45-42-15-6-8-23-52(42)72-61(40)45/h3-34H,2H2,1H3/b13-3-. The lowest BCUT2D eigenvalue weighted by atomic mass is 9.98. The van der Waals surface area contributed by atoms with E-state index in [-0.39, 0.29) is 0 Å². The van der Waals surface area contributed by atoms with Crippen LogP contribution in [0.3, 0.4) is 0 Å². The van der Waals surface area contributed by atoms with Crippen molar-refractivity contribution in [2.75, 3.05) is 0 Å². The van der Waals surface area contributed by atoms with Crippen molar-refractivity contribution >= 4 is 111 Å². The first-order valence-corrected chi connectivity index (χ1v) is 23.9. The fourth-order valence-electron chi connectivity index (χ4n) is 10.8. The topological polar surface area (TPSA) is 104 Å². The third-order valence-electron chi connectivity index (χ3n) is 14.1. The molecule has 0 amide bonds. The van der Waals surface area contributed by atoms with Crippen molar-refractivity contribution in [3.63, 3.8) is 0 Å². The van der Waals surface area contributed by atoms with Gasteiger partial charge in [-0.3, -0.25) is 0 Å². The first kappa shape index (κ1) is 40.1. The lowest BCUT2D eigenvalue weighted by molar-refractivity contribution is 0.604. The van der Waals surface area contributed by atoms with Gasteiger partial charge in [0.05, 0.1) is 0 Å². The molecule has 0 fully saturated rings. The fourth-order valence-corrected chi connectivity index (χ4v) is 10.8. The van der Waals surface area contributed by atoms with Gasteiger partial charge >= 0.3 is 0 Å². The van der Waals surface area contributed by atoms with Crippen molar-refractivity contribution in [2.45, 2.75) is 6.92 Å². The molecule has 0 aliphatic heterocycles. The third-order valence-corrected chi connectivity index (χ3v) is 14.1. The number of benzene rings is 9. The molecule has 6 aromatic heterocycles. The number of fused-ring (bicyclic) bond motifs is 13. The number of hydrogen-bond acceptors (Lipinski definition) is 8. The van der Waals surface area contributed by atoms with E-state index in [1.807, 2.05) is 104 Å². The minimum absolute atomic E-state index is 0.486. The number of para-hydroxylation sites is 4. The van der Waals surface area contributed by atoms with E-state index in [4.69, 9.17) is 37.0 Å². The molecule has 0 aliphatic carbocycles. The monoisotopic (exact) mass is 927 g/mol. The molecule has 0 bridgehead atoms. The Kier molecular flexibility index (Phi) is 8.56. The molecule has 0 saturated heterocycles. The average Bonchev–Trinajstić information content (AvgIpc) is 4.26. The zero-order valence-electron chi connectivity index (χ0n) is 38.6. The van der Waals surface area contributed by atoms with Gasteiger partial charge in [-0.25, -0.2) is 15.0 Å². The van der Waals surface area contributed by atoms with Crippen LogP contribution in [0.5, 0.6) is 0 Å². The molecule has 8 nitrogen and oxygen atoms in total. The summed E-state index contributed by atoms with van der Waals surface area (Å²) in [6.07, 6.45) is 5.81. The second kappa shape index (κ2) is 15.4. The van der Waals surface area contributed by atoms with Crippen molar-refractivity contribution in [3.8, 4) is 56.4 Å². The molecule has 0 saturated carbocycles. The smallest absolute Gasteiger partial charge is 0.164 e. The predicted octanol–water partition coefficient (Wildman–Crippen LogP) is 18.2. The van der Waals surface area contributed by atoms with Crippen LogP contribution in [0.4, 0.5) is 0 Å². The van der Waals surface area contributed by atoms with Crippen molar-refractivity contribution in [1.29, 1.82) is 0 Å². The van der Waals surface area contributed by atoms with Crippen molar-refractivity contribution in [1.82, 2.24) is 15.0 Å². The van der Waals surface area contributed by atoms with Crippen molar-refractivity contribution in [3.05, 3.63) is 200 Å². The maximum atomic E-state index is 6.61. The molecule has 72 heavy (non-hydrogen) atoms. The molecule has 0 N–H and O–H groups in total. The molecule has 0 aliphatic rings. The summed E-state index contributed by atoms with van der Waals surface area (Å²) in [6.45, 7) is 6.08. The van der Waals surface area contributed by atoms with E-state index in [9.17, 15) is 0 Å². The van der Waals surface area contributed by atoms with E-state index in [0.717, 1.165) is 138 Å². The summed E-state index contributed by atoms with van der Waals surface area (Å²) in [5, 5.41) is 8.84. The van der Waals surface area contributed by atoms with Gasteiger partial charge in [0.25, 0.3) is 0 Å². The predicted molar refractivity (Wildman–Crippen MR) is 291 cm³/mol. The largest absolute Gasteiger partial charge is 0.456 e. The molecule has 9 aromatic carbocycles. The van der Waals surface area contributed by atoms with Gasteiger partial charge in [-0.15, -0.1) is 0 Å². The van der Waals surface area contributed by atoms with Crippen LogP contribution in [0, 0.1) is 0 Å². The summed E-state index contributed by atoms with van der Waals surface area (Å²) in [7, 11) is 0. The van der Waals surface area contributed by atoms with E-state index < -0.39 is 0 Å². The minimum atomic E-state index is 0.486. The van der Waals surface area contributed by atoms with Crippen molar-refractivity contribution in [2.24, 2.45) is 0 Å². The van der Waals surface area contributed by atoms with E-state index in [1.165, 1.54) is 0 Å². The maximum Gasteiger partial charge on any atom is 0.164 e. The van der Waals surface area contributed by atoms with Crippen LogP contribution < -0.4 is 0 Å². The van der Waals surface area contributed by atoms with Gasteiger partial charge in [-0.1, -0.05) is 134 Å². The summed E-state index contributed by atoms with van der Waals surface area (Å²) < 4.78 is 32.7. The van der Waals surface area contributed by atoms with Gasteiger partial charge in [0, 0.05) is 81.9 Å². The Morgan fingerprint density at radius 3 is 1.47 bits per heavy atom. The SMILES string of the molecule is C=Cc1c(/C=C\C)oc2c(-c3ccc4oc5cccc(-c6nc(-c7ccc8c(c7)oc7ccccc78)nc(-c7cccc8oc9ccc(-c%10cccc%11c%10oc%10ccccc%10%11)cc9c78)n6)c5c4c3)cccc12. The molecule has 15 aromatic rings. The maximum absolute atomic E-state index is 6.61. The van der Waals surface area contributed by atoms with Gasteiger partial charge in [0.15, 0.2) is 17.5 Å². The first-order valence-electron chi connectivity index (χ1n) is 23.9. The highest BCUT2D eigenvalue weighted by molar-refractivity contribution is 6.16. The second-order valence-electron chi connectivity index (χ2n) is 18.1. The fraction of sp³-hybridized carbons (Fsp3) is 0.0156. The summed E-state index contributed by atoms with van der Waals surface area (Å²) in [4.78, 5) is 16.0. The normalized spacial score (nSPS) is 12.2. The van der Waals surface area contributed by atoms with Crippen molar-refractivity contribution < 1.29 is 22.1 Å². The Balaban J connectivity index is 0.953. The molecule has 15 rings (SSSR count). The Bertz CT molecular complexity index is 4810. The highest BCUT2D eigenvalue weighted by Gasteiger charge is 2.23. The van der Waals surface area contributed by atoms with Gasteiger partial charge in [0.1, 0.15) is 56.0 Å². The van der Waals surface area contributed by atoms with Gasteiger partial charge in [0.2, 0.25) is 0 Å². The minimum Gasteiger partial charge on any atom is -0.456 e. The highest BCUT2D eigenvalue weighted by Crippen LogP contribution is 2.44. The Morgan fingerprint density at radius 2 is 0.833 bits per heavy atom. The molecule has 0 spiro atoms. The van der Waals surface area contributed by atoms with Crippen LogP contribution in [0.15, 0.2) is 211 Å². The van der Waals surface area contributed by atoms with Crippen LogP contribution in [-0.2, 0) is 0 Å². The third kappa shape index (κ3) is 5.96. The molecule has 8 heteroatoms. The number of aromatic nitrogens is 3. The van der Waals surface area contributed by atoms with Gasteiger partial charge < -0.3 is 22.1 Å². The Morgan fingerprint density at radius 1 is 0.361 bits per heavy atom. The van der Waals surface area contributed by atoms with Crippen LogP contribution in [-0.4, -0.2) is 15.0 Å². The van der Waals surface area contributed by atoms with E-state index >= 15 is 0 Å². The zero-order valence-corrected chi connectivity index (χ0v) is 38.6. The second-order valence-corrected chi connectivity index (χ2v) is 18.1. The molecule has 0 unspecified atom stereocenters. The van der Waals surface area contributed by atoms with E-state index in [0.29, 0.717) is 28.6 Å². The molecule has 338 valence electrons. The molecule has 0 atom stereocenters. The number of nitrogens with zero attached hydrogens (tertiary/aromatic N) is 3. The Hall–Kier alpha value is -9.79. The summed E-state index contributed by atoms with van der Waals surface area (Å²) in [6, 6.07) is 59.6. The Labute approximate surface area is 409 Å². The van der Waals surface area contributed by atoms with Crippen LogP contribution in [0.2, 0.25) is 0 Å². The average molecular weight is 928 g/mol. The number of furan rings is 5. The van der Waals surface area contributed by atoms with E-state index in [2.05, 4.69) is 104 Å². The van der Waals surface area contributed by atoms with Crippen LogP contribution in [0.25, 0.3) is 167 Å². The van der Waals surface area contributed by atoms with Crippen LogP contribution >= 0.6 is 0 Å². The number of rotatable bonds is 7. The lowest BCUT2D eigenvalue weighted by Crippen LogP contribution is -2.00. The lowest BCUT2D eigenvalue weighted by Gasteiger charge is -2.10. The summed E-state index contributed by atoms with van der Waals surface area (Å²) in [5.74, 6) is 2.24. The first-order chi connectivity index (χ1) is 35.6. The highest BCUT2D eigenvalue weighted by atomic mass is 16.3. The molecule has 6 heterocycles. The molecular formula is C64H37N3O5. The zero-order chi connectivity index (χ0) is 47.6. The molecular weight excluding hydrogens is 891 g/mol. The summed E-state index contributed by atoms with van der Waals surface area (Å²) >= 11 is 0. The number of allylic oxidation sites excluding steroid dienone is 1. The van der Waals surface area contributed by atoms with Gasteiger partial charge in [-0.05, 0) is 84.8 Å². The van der Waals surface area contributed by atoms with Crippen LogP contribution in [0.1, 0.15) is 18.2 Å².